The lowest BCUT2D eigenvalue weighted by atomic mass is 10.1. The Morgan fingerprint density at radius 3 is 3.06 bits per heavy atom. The Labute approximate surface area is 98.9 Å². The summed E-state index contributed by atoms with van der Waals surface area (Å²) >= 11 is 0. The Kier molecular flexibility index (Phi) is 3.01. The number of carbonyl (C=O) groups excluding carboxylic acids is 1. The Bertz CT molecular complexity index is 614. The molecular formula is C13H11N3O. The SMILES string of the molecule is Cc1ccnc2cc(NC(=O)CC#N)ccc12. The first-order valence-corrected chi connectivity index (χ1v) is 5.23. The number of nitrogens with one attached hydrogen (secondary N) is 1. The standard InChI is InChI=1S/C13H11N3O/c1-9-5-7-15-12-8-10(2-3-11(9)12)16-13(17)4-6-14/h2-3,5,7-8H,4H2,1H3,(H,16,17). The first-order chi connectivity index (χ1) is 8.20. The molecule has 0 fully saturated rings. The molecule has 0 atom stereocenters. The first-order valence-electron chi connectivity index (χ1n) is 5.23. The van der Waals surface area contributed by atoms with E-state index in [2.05, 4.69) is 10.3 Å². The Morgan fingerprint density at radius 2 is 2.29 bits per heavy atom. The van der Waals surface area contributed by atoms with Crippen molar-refractivity contribution in [1.29, 1.82) is 5.26 Å². The van der Waals surface area contributed by atoms with Crippen LogP contribution in [0.2, 0.25) is 0 Å². The maximum Gasteiger partial charge on any atom is 0.238 e. The quantitative estimate of drug-likeness (QED) is 0.853. The number of fused-ring (bicyclic) bond motifs is 1. The minimum Gasteiger partial charge on any atom is -0.325 e. The Hall–Kier alpha value is -2.41. The van der Waals surface area contributed by atoms with Gasteiger partial charge in [0.2, 0.25) is 5.91 Å². The molecule has 17 heavy (non-hydrogen) atoms. The number of nitriles is 1. The van der Waals surface area contributed by atoms with Gasteiger partial charge in [-0.3, -0.25) is 9.78 Å². The monoisotopic (exact) mass is 225 g/mol. The third kappa shape index (κ3) is 2.40. The van der Waals surface area contributed by atoms with E-state index < -0.39 is 0 Å². The van der Waals surface area contributed by atoms with E-state index in [1.807, 2.05) is 25.1 Å². The second-order valence-electron chi connectivity index (χ2n) is 3.74. The molecule has 0 saturated heterocycles. The van der Waals surface area contributed by atoms with Gasteiger partial charge in [-0.25, -0.2) is 0 Å². The normalized spacial score (nSPS) is 9.88. The van der Waals surface area contributed by atoms with Crippen LogP contribution in [0, 0.1) is 18.3 Å². The van der Waals surface area contributed by atoms with Gasteiger partial charge in [0.25, 0.3) is 0 Å². The topological polar surface area (TPSA) is 65.8 Å². The predicted molar refractivity (Wildman–Crippen MR) is 65.3 cm³/mol. The highest BCUT2D eigenvalue weighted by atomic mass is 16.1. The van der Waals surface area contributed by atoms with Crippen molar-refractivity contribution < 1.29 is 4.79 Å². The highest BCUT2D eigenvalue weighted by Gasteiger charge is 2.03. The number of carbonyl (C=O) groups is 1. The van der Waals surface area contributed by atoms with Crippen LogP contribution in [0.15, 0.2) is 30.5 Å². The van der Waals surface area contributed by atoms with E-state index in [9.17, 15) is 4.79 Å². The average Bonchev–Trinajstić information content (AvgIpc) is 2.29. The van der Waals surface area contributed by atoms with Crippen LogP contribution in [0.3, 0.4) is 0 Å². The maximum absolute atomic E-state index is 11.3. The number of hydrogen-bond donors (Lipinski definition) is 1. The first kappa shape index (κ1) is 11.1. The second-order valence-corrected chi connectivity index (χ2v) is 3.74. The molecular weight excluding hydrogens is 214 g/mol. The van der Waals surface area contributed by atoms with Crippen LogP contribution in [0.5, 0.6) is 0 Å². The summed E-state index contributed by atoms with van der Waals surface area (Å²) in [7, 11) is 0. The summed E-state index contributed by atoms with van der Waals surface area (Å²) in [6.45, 7) is 2.01. The van der Waals surface area contributed by atoms with Crippen molar-refractivity contribution in [3.63, 3.8) is 0 Å². The van der Waals surface area contributed by atoms with Crippen LogP contribution in [0.25, 0.3) is 10.9 Å². The number of nitrogens with zero attached hydrogens (tertiary/aromatic N) is 2. The van der Waals surface area contributed by atoms with Gasteiger partial charge in [0, 0.05) is 17.3 Å². The molecule has 0 bridgehead atoms. The van der Waals surface area contributed by atoms with E-state index in [1.165, 1.54) is 0 Å². The number of anilines is 1. The smallest absolute Gasteiger partial charge is 0.238 e. The lowest BCUT2D eigenvalue weighted by Gasteiger charge is -2.05. The number of rotatable bonds is 2. The third-order valence-electron chi connectivity index (χ3n) is 2.48. The fraction of sp³-hybridized carbons (Fsp3) is 0.154. The van der Waals surface area contributed by atoms with Crippen molar-refractivity contribution in [2.75, 3.05) is 5.32 Å². The van der Waals surface area contributed by atoms with Crippen molar-refractivity contribution in [2.45, 2.75) is 13.3 Å². The molecule has 2 aromatic rings. The van der Waals surface area contributed by atoms with Crippen molar-refractivity contribution >= 4 is 22.5 Å². The Morgan fingerprint density at radius 1 is 1.47 bits per heavy atom. The molecule has 0 aliphatic heterocycles. The molecule has 0 spiro atoms. The van der Waals surface area contributed by atoms with Gasteiger partial charge in [-0.1, -0.05) is 6.07 Å². The van der Waals surface area contributed by atoms with Crippen molar-refractivity contribution in [1.82, 2.24) is 4.98 Å². The minimum absolute atomic E-state index is 0.140. The maximum atomic E-state index is 11.3. The van der Waals surface area contributed by atoms with Crippen LogP contribution in [-0.2, 0) is 4.79 Å². The molecule has 0 radical (unpaired) electrons. The molecule has 0 aliphatic carbocycles. The highest BCUT2D eigenvalue weighted by Crippen LogP contribution is 2.20. The molecule has 4 heteroatoms. The zero-order chi connectivity index (χ0) is 12.3. The van der Waals surface area contributed by atoms with E-state index in [0.717, 1.165) is 16.5 Å². The van der Waals surface area contributed by atoms with Crippen LogP contribution >= 0.6 is 0 Å². The summed E-state index contributed by atoms with van der Waals surface area (Å²) in [5, 5.41) is 12.1. The molecule has 2 rings (SSSR count). The lowest BCUT2D eigenvalue weighted by molar-refractivity contribution is -0.115. The van der Waals surface area contributed by atoms with Crippen molar-refractivity contribution in [3.8, 4) is 6.07 Å². The largest absolute Gasteiger partial charge is 0.325 e. The summed E-state index contributed by atoms with van der Waals surface area (Å²) in [6, 6.07) is 9.28. The number of benzene rings is 1. The van der Waals surface area contributed by atoms with Crippen molar-refractivity contribution in [3.05, 3.63) is 36.0 Å². The molecule has 0 aliphatic rings. The second kappa shape index (κ2) is 4.62. The van der Waals surface area contributed by atoms with Gasteiger partial charge >= 0.3 is 0 Å². The van der Waals surface area contributed by atoms with Crippen LogP contribution < -0.4 is 5.32 Å². The van der Waals surface area contributed by atoms with Crippen LogP contribution in [0.1, 0.15) is 12.0 Å². The molecule has 0 saturated carbocycles. The van der Waals surface area contributed by atoms with Gasteiger partial charge in [0.05, 0.1) is 11.6 Å². The molecule has 1 aromatic carbocycles. The number of amides is 1. The molecule has 1 heterocycles. The van der Waals surface area contributed by atoms with Gasteiger partial charge in [-0.05, 0) is 30.7 Å². The highest BCUT2D eigenvalue weighted by molar-refractivity contribution is 5.94. The lowest BCUT2D eigenvalue weighted by Crippen LogP contribution is -2.09. The van der Waals surface area contributed by atoms with Gasteiger partial charge in [0.1, 0.15) is 6.42 Å². The molecule has 0 unspecified atom stereocenters. The summed E-state index contributed by atoms with van der Waals surface area (Å²) in [6.07, 6.45) is 1.60. The number of aryl methyl sites for hydroxylation is 1. The number of aromatic nitrogens is 1. The van der Waals surface area contributed by atoms with E-state index in [-0.39, 0.29) is 12.3 Å². The molecule has 84 valence electrons. The molecule has 1 amide bonds. The number of pyridine rings is 1. The molecule has 4 nitrogen and oxygen atoms in total. The van der Waals surface area contributed by atoms with E-state index in [1.54, 1.807) is 18.3 Å². The zero-order valence-corrected chi connectivity index (χ0v) is 9.40. The van der Waals surface area contributed by atoms with Gasteiger partial charge in [0.15, 0.2) is 0 Å². The minimum atomic E-state index is -0.306. The fourth-order valence-corrected chi connectivity index (χ4v) is 1.65. The summed E-state index contributed by atoms with van der Waals surface area (Å²) in [4.78, 5) is 15.5. The Balaban J connectivity index is 2.33. The summed E-state index contributed by atoms with van der Waals surface area (Å²) in [5.74, 6) is -0.306. The van der Waals surface area contributed by atoms with E-state index in [0.29, 0.717) is 5.69 Å². The van der Waals surface area contributed by atoms with E-state index in [4.69, 9.17) is 5.26 Å². The van der Waals surface area contributed by atoms with Crippen molar-refractivity contribution in [2.24, 2.45) is 0 Å². The number of hydrogen-bond acceptors (Lipinski definition) is 3. The van der Waals surface area contributed by atoms with Crippen LogP contribution in [-0.4, -0.2) is 10.9 Å². The summed E-state index contributed by atoms with van der Waals surface area (Å²) in [5.41, 5.74) is 2.64. The van der Waals surface area contributed by atoms with E-state index >= 15 is 0 Å². The third-order valence-corrected chi connectivity index (χ3v) is 2.48. The summed E-state index contributed by atoms with van der Waals surface area (Å²) < 4.78 is 0. The molecule has 1 aromatic heterocycles. The average molecular weight is 225 g/mol. The van der Waals surface area contributed by atoms with Gasteiger partial charge < -0.3 is 5.32 Å². The van der Waals surface area contributed by atoms with Crippen LogP contribution in [0.4, 0.5) is 5.69 Å². The zero-order valence-electron chi connectivity index (χ0n) is 9.40. The predicted octanol–water partition coefficient (Wildman–Crippen LogP) is 2.40. The van der Waals surface area contributed by atoms with Gasteiger partial charge in [-0.15, -0.1) is 0 Å². The fourth-order valence-electron chi connectivity index (χ4n) is 1.65. The molecule has 1 N–H and O–H groups in total. The van der Waals surface area contributed by atoms with Gasteiger partial charge in [-0.2, -0.15) is 5.26 Å².